The van der Waals surface area contributed by atoms with Gasteiger partial charge in [-0.05, 0) is 55.7 Å². The van der Waals surface area contributed by atoms with Gasteiger partial charge in [0.2, 0.25) is 11.8 Å². The first-order valence-corrected chi connectivity index (χ1v) is 11.1. The quantitative estimate of drug-likeness (QED) is 0.705. The molecule has 1 aromatic rings. The first kappa shape index (κ1) is 20.2. The second-order valence-corrected chi connectivity index (χ2v) is 8.65. The molecule has 0 N–H and O–H groups in total. The lowest BCUT2D eigenvalue weighted by atomic mass is 10.1. The Labute approximate surface area is 173 Å². The van der Waals surface area contributed by atoms with Gasteiger partial charge in [0.1, 0.15) is 5.75 Å². The number of methoxy groups -OCH3 is 1. The van der Waals surface area contributed by atoms with Crippen LogP contribution in [0.5, 0.6) is 5.75 Å². The predicted octanol–water partition coefficient (Wildman–Crippen LogP) is 2.17. The van der Waals surface area contributed by atoms with Crippen molar-refractivity contribution in [1.29, 1.82) is 0 Å². The lowest BCUT2D eigenvalue weighted by Crippen LogP contribution is -2.44. The summed E-state index contributed by atoms with van der Waals surface area (Å²) in [5, 5.41) is 0. The minimum Gasteiger partial charge on any atom is -0.497 e. The molecule has 2 amide bonds. The highest BCUT2D eigenvalue weighted by Crippen LogP contribution is 2.31. The molecule has 1 atom stereocenters. The molecule has 1 aliphatic carbocycles. The highest BCUT2D eigenvalue weighted by atomic mass is 16.5. The van der Waals surface area contributed by atoms with Crippen LogP contribution in [0.25, 0.3) is 0 Å². The fraction of sp³-hybridized carbons (Fsp3) is 0.652. The average Bonchev–Trinajstić information content (AvgIpc) is 3.53. The molecule has 0 radical (unpaired) electrons. The highest BCUT2D eigenvalue weighted by Gasteiger charge is 2.38. The number of hydrogen-bond donors (Lipinski definition) is 0. The van der Waals surface area contributed by atoms with Crippen molar-refractivity contribution in [2.45, 2.75) is 44.6 Å². The van der Waals surface area contributed by atoms with Crippen molar-refractivity contribution in [3.8, 4) is 5.75 Å². The van der Waals surface area contributed by atoms with Crippen LogP contribution >= 0.6 is 0 Å². The number of likely N-dealkylation sites (tertiary alicyclic amines) is 1. The minimum absolute atomic E-state index is 0.0283. The van der Waals surface area contributed by atoms with Crippen molar-refractivity contribution in [3.05, 3.63) is 29.8 Å². The van der Waals surface area contributed by atoms with Gasteiger partial charge in [-0.1, -0.05) is 12.1 Å². The first-order valence-electron chi connectivity index (χ1n) is 11.1. The Balaban J connectivity index is 1.26. The average molecular weight is 400 g/mol. The van der Waals surface area contributed by atoms with Crippen molar-refractivity contribution in [3.63, 3.8) is 0 Å². The van der Waals surface area contributed by atoms with Gasteiger partial charge in [0.05, 0.1) is 13.2 Å². The van der Waals surface area contributed by atoms with E-state index in [1.165, 1.54) is 12.8 Å². The van der Waals surface area contributed by atoms with Gasteiger partial charge in [-0.2, -0.15) is 0 Å². The van der Waals surface area contributed by atoms with E-state index in [9.17, 15) is 9.59 Å². The van der Waals surface area contributed by atoms with E-state index >= 15 is 0 Å². The van der Waals surface area contributed by atoms with Gasteiger partial charge in [0, 0.05) is 45.7 Å². The summed E-state index contributed by atoms with van der Waals surface area (Å²) in [6, 6.07) is 7.95. The number of nitrogens with zero attached hydrogens (tertiary/aromatic N) is 3. The summed E-state index contributed by atoms with van der Waals surface area (Å²) in [6.07, 6.45) is 5.70. The molecule has 3 fully saturated rings. The molecular formula is C23H33N3O3. The highest BCUT2D eigenvalue weighted by molar-refractivity contribution is 5.84. The normalized spacial score (nSPS) is 23.3. The second kappa shape index (κ2) is 9.16. The van der Waals surface area contributed by atoms with Crippen LogP contribution in [0, 0.1) is 5.92 Å². The van der Waals surface area contributed by atoms with E-state index in [4.69, 9.17) is 4.74 Å². The van der Waals surface area contributed by atoms with Crippen molar-refractivity contribution in [2.75, 3.05) is 46.4 Å². The molecule has 1 unspecified atom stereocenters. The second-order valence-electron chi connectivity index (χ2n) is 8.65. The Kier molecular flexibility index (Phi) is 6.38. The first-order chi connectivity index (χ1) is 14.1. The van der Waals surface area contributed by atoms with Crippen molar-refractivity contribution in [1.82, 2.24) is 14.7 Å². The van der Waals surface area contributed by atoms with Crippen LogP contribution in [0.1, 0.15) is 37.7 Å². The van der Waals surface area contributed by atoms with Gasteiger partial charge >= 0.3 is 0 Å². The van der Waals surface area contributed by atoms with E-state index in [-0.39, 0.29) is 11.9 Å². The molecule has 0 bridgehead atoms. The van der Waals surface area contributed by atoms with Gasteiger partial charge in [0.25, 0.3) is 0 Å². The van der Waals surface area contributed by atoms with Crippen LogP contribution in [0.15, 0.2) is 24.3 Å². The molecule has 29 heavy (non-hydrogen) atoms. The Morgan fingerprint density at radius 3 is 2.76 bits per heavy atom. The summed E-state index contributed by atoms with van der Waals surface area (Å²) >= 11 is 0. The molecule has 3 aliphatic rings. The molecule has 2 aliphatic heterocycles. The third-order valence-corrected chi connectivity index (χ3v) is 6.53. The molecule has 4 rings (SSSR count). The minimum atomic E-state index is 0.0283. The van der Waals surface area contributed by atoms with Crippen LogP contribution < -0.4 is 4.74 Å². The number of amides is 2. The lowest BCUT2D eigenvalue weighted by molar-refractivity contribution is -0.132. The van der Waals surface area contributed by atoms with Crippen LogP contribution in [0.3, 0.4) is 0 Å². The maximum Gasteiger partial charge on any atom is 0.240 e. The van der Waals surface area contributed by atoms with Gasteiger partial charge < -0.3 is 14.5 Å². The number of aryl methyl sites for hydroxylation is 1. The van der Waals surface area contributed by atoms with Crippen molar-refractivity contribution in [2.24, 2.45) is 5.92 Å². The third-order valence-electron chi connectivity index (χ3n) is 6.53. The Hall–Kier alpha value is -2.08. The van der Waals surface area contributed by atoms with Crippen LogP contribution in [0.4, 0.5) is 0 Å². The standard InChI is InChI=1S/C23H33N3O3/c1-29-20-5-2-4-18(16-20)8-9-22(27)25-12-3-11-24(14-15-25)21-10-13-26(23(21)28)17-19-6-7-19/h2,4-5,16,19,21H,3,6-15,17H2,1H3. The van der Waals surface area contributed by atoms with E-state index in [2.05, 4.69) is 9.80 Å². The van der Waals surface area contributed by atoms with Crippen molar-refractivity contribution < 1.29 is 14.3 Å². The molecule has 1 aromatic carbocycles. The number of carbonyl (C=O) groups is 2. The number of benzene rings is 1. The summed E-state index contributed by atoms with van der Waals surface area (Å²) < 4.78 is 5.26. The molecular weight excluding hydrogens is 366 g/mol. The van der Waals surface area contributed by atoms with Gasteiger partial charge in [-0.15, -0.1) is 0 Å². The maximum atomic E-state index is 12.8. The molecule has 6 nitrogen and oxygen atoms in total. The maximum absolute atomic E-state index is 12.8. The number of hydrogen-bond acceptors (Lipinski definition) is 4. The number of carbonyl (C=O) groups excluding carboxylic acids is 2. The SMILES string of the molecule is COc1cccc(CCC(=O)N2CCCN(C3CCN(CC4CC4)C3=O)CC2)c1. The van der Waals surface area contributed by atoms with Gasteiger partial charge in [-0.25, -0.2) is 0 Å². The molecule has 0 spiro atoms. The largest absolute Gasteiger partial charge is 0.497 e. The smallest absolute Gasteiger partial charge is 0.240 e. The molecule has 2 saturated heterocycles. The molecule has 158 valence electrons. The zero-order valence-electron chi connectivity index (χ0n) is 17.5. The Morgan fingerprint density at radius 1 is 1.10 bits per heavy atom. The van der Waals surface area contributed by atoms with E-state index in [0.29, 0.717) is 12.3 Å². The van der Waals surface area contributed by atoms with Gasteiger partial charge in [0.15, 0.2) is 0 Å². The van der Waals surface area contributed by atoms with Crippen LogP contribution in [0.2, 0.25) is 0 Å². The number of ether oxygens (including phenoxy) is 1. The monoisotopic (exact) mass is 399 g/mol. The summed E-state index contributed by atoms with van der Waals surface area (Å²) in [5.41, 5.74) is 1.13. The predicted molar refractivity (Wildman–Crippen MR) is 112 cm³/mol. The summed E-state index contributed by atoms with van der Waals surface area (Å²) in [5.74, 6) is 2.11. The Bertz CT molecular complexity index is 734. The lowest BCUT2D eigenvalue weighted by Gasteiger charge is -2.26. The van der Waals surface area contributed by atoms with Crippen LogP contribution in [-0.4, -0.2) is 78.9 Å². The van der Waals surface area contributed by atoms with Crippen LogP contribution in [-0.2, 0) is 16.0 Å². The zero-order valence-corrected chi connectivity index (χ0v) is 17.5. The molecule has 6 heteroatoms. The topological polar surface area (TPSA) is 53.1 Å². The van der Waals surface area contributed by atoms with E-state index in [1.54, 1.807) is 7.11 Å². The summed E-state index contributed by atoms with van der Waals surface area (Å²) in [6.45, 7) is 5.09. The fourth-order valence-electron chi connectivity index (χ4n) is 4.59. The van der Waals surface area contributed by atoms with E-state index in [0.717, 1.165) is 75.8 Å². The number of rotatable bonds is 7. The fourth-order valence-corrected chi connectivity index (χ4v) is 4.59. The zero-order chi connectivity index (χ0) is 20.2. The van der Waals surface area contributed by atoms with E-state index in [1.807, 2.05) is 29.2 Å². The third kappa shape index (κ3) is 5.10. The molecule has 1 saturated carbocycles. The van der Waals surface area contributed by atoms with Crippen molar-refractivity contribution >= 4 is 11.8 Å². The summed E-state index contributed by atoms with van der Waals surface area (Å²) in [7, 11) is 1.66. The Morgan fingerprint density at radius 2 is 1.97 bits per heavy atom. The van der Waals surface area contributed by atoms with E-state index < -0.39 is 0 Å². The molecule has 2 heterocycles. The van der Waals surface area contributed by atoms with Gasteiger partial charge in [-0.3, -0.25) is 14.5 Å². The summed E-state index contributed by atoms with van der Waals surface area (Å²) in [4.78, 5) is 31.9. The molecule has 0 aromatic heterocycles.